The summed E-state index contributed by atoms with van der Waals surface area (Å²) in [7, 11) is 0. The minimum absolute atomic E-state index is 0.142. The molecule has 3 N–H and O–H groups in total. The predicted octanol–water partition coefficient (Wildman–Crippen LogP) is 3.67. The highest BCUT2D eigenvalue weighted by Crippen LogP contribution is 2.27. The Hall–Kier alpha value is -2.70. The van der Waals surface area contributed by atoms with Crippen LogP contribution in [0.2, 0.25) is 10.0 Å². The van der Waals surface area contributed by atoms with Gasteiger partial charge in [0.1, 0.15) is 11.8 Å². The number of H-pyrrole nitrogens is 1. The van der Waals surface area contributed by atoms with Gasteiger partial charge in [-0.2, -0.15) is 0 Å². The lowest BCUT2D eigenvalue weighted by atomic mass is 10.1. The number of aromatic amines is 1. The first kappa shape index (κ1) is 19.1. The predicted molar refractivity (Wildman–Crippen MR) is 104 cm³/mol. The largest absolute Gasteiger partial charge is 0.482 e. The normalized spacial score (nSPS) is 11.9. The van der Waals surface area contributed by atoms with E-state index >= 15 is 0 Å². The number of hydrogen-bond donors (Lipinski definition) is 3. The van der Waals surface area contributed by atoms with Gasteiger partial charge in [0, 0.05) is 34.6 Å². The van der Waals surface area contributed by atoms with Gasteiger partial charge in [-0.3, -0.25) is 4.79 Å². The molecule has 1 amide bonds. The third-order valence-electron chi connectivity index (χ3n) is 3.98. The fourth-order valence-electron chi connectivity index (χ4n) is 2.69. The third-order valence-corrected chi connectivity index (χ3v) is 4.53. The van der Waals surface area contributed by atoms with Crippen LogP contribution in [-0.4, -0.2) is 34.6 Å². The number of carboxylic acids is 1. The number of fused-ring (bicyclic) bond motifs is 1. The average molecular weight is 407 g/mol. The van der Waals surface area contributed by atoms with Gasteiger partial charge in [0.2, 0.25) is 0 Å². The van der Waals surface area contributed by atoms with Crippen molar-refractivity contribution in [2.75, 3.05) is 6.61 Å². The molecule has 0 bridgehead atoms. The number of rotatable bonds is 7. The Labute approximate surface area is 165 Å². The minimum Gasteiger partial charge on any atom is -0.482 e. The second kappa shape index (κ2) is 8.33. The van der Waals surface area contributed by atoms with Crippen molar-refractivity contribution in [1.29, 1.82) is 0 Å². The summed E-state index contributed by atoms with van der Waals surface area (Å²) in [5.74, 6) is -1.45. The fourth-order valence-corrected chi connectivity index (χ4v) is 3.02. The molecule has 27 heavy (non-hydrogen) atoms. The number of aromatic nitrogens is 1. The fraction of sp³-hybridized carbons (Fsp3) is 0.158. The zero-order valence-electron chi connectivity index (χ0n) is 14.0. The van der Waals surface area contributed by atoms with Gasteiger partial charge in [0.25, 0.3) is 5.91 Å². The third kappa shape index (κ3) is 4.72. The van der Waals surface area contributed by atoms with Crippen LogP contribution >= 0.6 is 23.2 Å². The van der Waals surface area contributed by atoms with Crippen molar-refractivity contribution in [3.8, 4) is 5.75 Å². The molecule has 0 aliphatic carbocycles. The number of carbonyl (C=O) groups excluding carboxylic acids is 1. The second-order valence-electron chi connectivity index (χ2n) is 5.89. The van der Waals surface area contributed by atoms with Gasteiger partial charge in [0.05, 0.1) is 5.02 Å². The molecule has 140 valence electrons. The van der Waals surface area contributed by atoms with Crippen LogP contribution in [0.5, 0.6) is 5.75 Å². The van der Waals surface area contributed by atoms with Crippen LogP contribution in [0.4, 0.5) is 0 Å². The molecule has 0 saturated carbocycles. The molecule has 1 heterocycles. The van der Waals surface area contributed by atoms with E-state index in [0.29, 0.717) is 10.0 Å². The number of benzene rings is 2. The van der Waals surface area contributed by atoms with E-state index in [-0.39, 0.29) is 18.8 Å². The zero-order chi connectivity index (χ0) is 19.4. The Kier molecular flexibility index (Phi) is 5.88. The smallest absolute Gasteiger partial charge is 0.326 e. The molecule has 3 aromatic rings. The van der Waals surface area contributed by atoms with Gasteiger partial charge in [-0.05, 0) is 23.8 Å². The van der Waals surface area contributed by atoms with Crippen molar-refractivity contribution in [3.63, 3.8) is 0 Å². The highest BCUT2D eigenvalue weighted by Gasteiger charge is 2.22. The van der Waals surface area contributed by atoms with Gasteiger partial charge < -0.3 is 20.1 Å². The summed E-state index contributed by atoms with van der Waals surface area (Å²) in [4.78, 5) is 26.8. The summed E-state index contributed by atoms with van der Waals surface area (Å²) < 4.78 is 5.34. The Bertz CT molecular complexity index is 987. The van der Waals surface area contributed by atoms with E-state index in [1.165, 1.54) is 6.07 Å². The van der Waals surface area contributed by atoms with Gasteiger partial charge in [-0.15, -0.1) is 0 Å². The van der Waals surface area contributed by atoms with Crippen LogP contribution in [0.15, 0.2) is 48.7 Å². The molecule has 0 saturated heterocycles. The molecule has 0 unspecified atom stereocenters. The van der Waals surface area contributed by atoms with E-state index in [4.69, 9.17) is 27.9 Å². The van der Waals surface area contributed by atoms with E-state index in [2.05, 4.69) is 10.3 Å². The molecule has 8 heteroatoms. The van der Waals surface area contributed by atoms with Crippen LogP contribution in [0, 0.1) is 0 Å². The monoisotopic (exact) mass is 406 g/mol. The molecular weight excluding hydrogens is 391 g/mol. The molecule has 1 aromatic heterocycles. The molecule has 0 spiro atoms. The van der Waals surface area contributed by atoms with Gasteiger partial charge >= 0.3 is 5.97 Å². The second-order valence-corrected chi connectivity index (χ2v) is 6.73. The highest BCUT2D eigenvalue weighted by atomic mass is 35.5. The summed E-state index contributed by atoms with van der Waals surface area (Å²) in [6, 6.07) is 11.1. The first-order chi connectivity index (χ1) is 12.9. The van der Waals surface area contributed by atoms with Crippen molar-refractivity contribution in [1.82, 2.24) is 10.3 Å². The molecular formula is C19H16Cl2N2O4. The Morgan fingerprint density at radius 2 is 1.96 bits per heavy atom. The Morgan fingerprint density at radius 3 is 2.74 bits per heavy atom. The van der Waals surface area contributed by atoms with E-state index in [1.54, 1.807) is 18.3 Å². The Balaban J connectivity index is 1.64. The summed E-state index contributed by atoms with van der Waals surface area (Å²) in [6.07, 6.45) is 1.89. The first-order valence-electron chi connectivity index (χ1n) is 8.09. The number of nitrogens with one attached hydrogen (secondary N) is 2. The van der Waals surface area contributed by atoms with Crippen LogP contribution in [0.3, 0.4) is 0 Å². The Morgan fingerprint density at radius 1 is 1.19 bits per heavy atom. The summed E-state index contributed by atoms with van der Waals surface area (Å²) in [6.45, 7) is -0.377. The number of aliphatic carboxylic acids is 1. The van der Waals surface area contributed by atoms with Crippen molar-refractivity contribution >= 4 is 46.0 Å². The number of hydrogen-bond acceptors (Lipinski definition) is 3. The van der Waals surface area contributed by atoms with Crippen molar-refractivity contribution in [2.45, 2.75) is 12.5 Å². The number of ether oxygens (including phenoxy) is 1. The maximum atomic E-state index is 12.1. The topological polar surface area (TPSA) is 91.4 Å². The number of carbonyl (C=O) groups is 2. The van der Waals surface area contributed by atoms with Crippen LogP contribution in [0.25, 0.3) is 10.9 Å². The van der Waals surface area contributed by atoms with E-state index < -0.39 is 17.9 Å². The molecule has 0 aliphatic rings. The quantitative estimate of drug-likeness (QED) is 0.558. The van der Waals surface area contributed by atoms with Crippen LogP contribution in [-0.2, 0) is 16.0 Å². The maximum Gasteiger partial charge on any atom is 0.326 e. The van der Waals surface area contributed by atoms with Gasteiger partial charge in [-0.25, -0.2) is 4.79 Å². The molecule has 3 rings (SSSR count). The van der Waals surface area contributed by atoms with Crippen molar-refractivity contribution in [3.05, 3.63) is 64.3 Å². The summed E-state index contributed by atoms with van der Waals surface area (Å²) in [5.41, 5.74) is 1.71. The minimum atomic E-state index is -1.13. The van der Waals surface area contributed by atoms with Gasteiger partial charge in [-0.1, -0.05) is 41.4 Å². The molecule has 0 aliphatic heterocycles. The number of halogens is 2. The van der Waals surface area contributed by atoms with Crippen molar-refractivity contribution in [2.24, 2.45) is 0 Å². The standard InChI is InChI=1S/C19H16Cl2N2O4/c20-12-5-6-14(21)17(8-12)27-10-18(24)23-16(19(25)26)7-11-9-22-15-4-2-1-3-13(11)15/h1-6,8-9,16,22H,7,10H2,(H,23,24)(H,25,26)/t16-/m0/s1. The molecule has 0 fully saturated rings. The molecule has 1 atom stereocenters. The zero-order valence-corrected chi connectivity index (χ0v) is 15.6. The number of para-hydroxylation sites is 1. The number of carboxylic acid groups (broad SMARTS) is 1. The summed E-state index contributed by atoms with van der Waals surface area (Å²) >= 11 is 11.8. The van der Waals surface area contributed by atoms with Crippen LogP contribution < -0.4 is 10.1 Å². The van der Waals surface area contributed by atoms with Crippen molar-refractivity contribution < 1.29 is 19.4 Å². The molecule has 6 nitrogen and oxygen atoms in total. The SMILES string of the molecule is O=C(COc1cc(Cl)ccc1Cl)N[C@@H](Cc1c[nH]c2ccccc12)C(=O)O. The van der Waals surface area contributed by atoms with E-state index in [1.807, 2.05) is 24.3 Å². The number of amides is 1. The lowest BCUT2D eigenvalue weighted by Gasteiger charge is -2.15. The van der Waals surface area contributed by atoms with Gasteiger partial charge in [0.15, 0.2) is 6.61 Å². The van der Waals surface area contributed by atoms with E-state index in [9.17, 15) is 14.7 Å². The molecule has 2 aromatic carbocycles. The maximum absolute atomic E-state index is 12.1. The summed E-state index contributed by atoms with van der Waals surface area (Å²) in [5, 5.41) is 13.6. The van der Waals surface area contributed by atoms with Crippen LogP contribution in [0.1, 0.15) is 5.56 Å². The van der Waals surface area contributed by atoms with E-state index in [0.717, 1.165) is 16.5 Å². The molecule has 0 radical (unpaired) electrons. The first-order valence-corrected chi connectivity index (χ1v) is 8.84. The average Bonchev–Trinajstić information content (AvgIpc) is 3.05. The highest BCUT2D eigenvalue weighted by molar-refractivity contribution is 6.34. The lowest BCUT2D eigenvalue weighted by Crippen LogP contribution is -2.44. The lowest BCUT2D eigenvalue weighted by molar-refractivity contribution is -0.142.